The maximum Gasteiger partial charge on any atom is 0.363 e. The first-order chi connectivity index (χ1) is 3.81. The van der Waals surface area contributed by atoms with Gasteiger partial charge in [-0.1, -0.05) is 0 Å². The molecular weight excluding hydrogens is 152 g/mol. The lowest BCUT2D eigenvalue weighted by atomic mass is 10.9. The third-order valence-electron chi connectivity index (χ3n) is 0.623. The molecule has 0 spiro atoms. The lowest BCUT2D eigenvalue weighted by molar-refractivity contribution is 0.114. The Morgan fingerprint density at radius 3 is 1.89 bits per heavy atom. The van der Waals surface area contributed by atoms with Crippen molar-refractivity contribution in [3.8, 4) is 0 Å². The largest absolute Gasteiger partial charge is 0.363 e. The number of halogens is 2. The molecule has 0 bridgehead atoms. The highest BCUT2D eigenvalue weighted by atomic mass is 32.2. The van der Waals surface area contributed by atoms with Gasteiger partial charge < -0.3 is 0 Å². The van der Waals surface area contributed by atoms with Crippen LogP contribution in [0, 0.1) is 0 Å². The molecular formula is C3H5F2NO2S. The van der Waals surface area contributed by atoms with Crippen LogP contribution < -0.4 is 0 Å². The van der Waals surface area contributed by atoms with Crippen LogP contribution in [0.4, 0.5) is 8.78 Å². The summed E-state index contributed by atoms with van der Waals surface area (Å²) in [5.74, 6) is 0. The molecule has 0 rings (SSSR count). The number of rotatable bonds is 2. The van der Waals surface area contributed by atoms with Crippen molar-refractivity contribution in [1.82, 2.24) is 0 Å². The van der Waals surface area contributed by atoms with E-state index < -0.39 is 15.3 Å². The summed E-state index contributed by atoms with van der Waals surface area (Å²) in [6, 6.07) is 0. The van der Waals surface area contributed by atoms with Gasteiger partial charge in [-0.2, -0.15) is 21.6 Å². The molecule has 0 atom stereocenters. The van der Waals surface area contributed by atoms with E-state index in [9.17, 15) is 17.2 Å². The highest BCUT2D eigenvalue weighted by molar-refractivity contribution is 7.91. The molecule has 54 valence electrons. The molecule has 0 N–H and O–H groups in total. The molecule has 0 aromatic heterocycles. The zero-order chi connectivity index (χ0) is 7.71. The standard InChI is InChI=1S/C3H5F2NO2S/c1-3(4,5)9(7,8)6-2/h2H2,1H3. The third kappa shape index (κ3) is 1.70. The highest BCUT2D eigenvalue weighted by Crippen LogP contribution is 2.20. The maximum absolute atomic E-state index is 11.8. The zero-order valence-electron chi connectivity index (χ0n) is 4.63. The summed E-state index contributed by atoms with van der Waals surface area (Å²) >= 11 is 0. The van der Waals surface area contributed by atoms with Crippen molar-refractivity contribution < 1.29 is 17.2 Å². The minimum Gasteiger partial charge on any atom is -0.198 e. The van der Waals surface area contributed by atoms with Crippen LogP contribution in [-0.4, -0.2) is 20.4 Å². The third-order valence-corrected chi connectivity index (χ3v) is 1.87. The molecule has 0 aromatic rings. The zero-order valence-corrected chi connectivity index (χ0v) is 5.45. The SMILES string of the molecule is C=NS(=O)(=O)C(C)(F)F. The van der Waals surface area contributed by atoms with Crippen LogP contribution in [0.1, 0.15) is 6.92 Å². The molecule has 0 fully saturated rings. The van der Waals surface area contributed by atoms with Gasteiger partial charge in [-0.15, -0.1) is 0 Å². The molecule has 6 heteroatoms. The Bertz CT molecular complexity index is 202. The summed E-state index contributed by atoms with van der Waals surface area (Å²) in [7, 11) is -4.66. The molecule has 0 unspecified atom stereocenters. The Morgan fingerprint density at radius 2 is 1.89 bits per heavy atom. The van der Waals surface area contributed by atoms with Crippen LogP contribution in [0.3, 0.4) is 0 Å². The van der Waals surface area contributed by atoms with E-state index in [1.165, 1.54) is 0 Å². The molecule has 9 heavy (non-hydrogen) atoms. The first-order valence-electron chi connectivity index (χ1n) is 1.91. The van der Waals surface area contributed by atoms with Gasteiger partial charge >= 0.3 is 15.3 Å². The molecule has 0 aromatic carbocycles. The number of sulfonamides is 1. The van der Waals surface area contributed by atoms with Crippen LogP contribution in [0.5, 0.6) is 0 Å². The fourth-order valence-corrected chi connectivity index (χ4v) is 0.340. The average molecular weight is 157 g/mol. The normalized spacial score (nSPS) is 13.2. The topological polar surface area (TPSA) is 46.5 Å². The van der Waals surface area contributed by atoms with Crippen molar-refractivity contribution in [2.75, 3.05) is 0 Å². The fraction of sp³-hybridized carbons (Fsp3) is 0.667. The van der Waals surface area contributed by atoms with Crippen LogP contribution in [0.15, 0.2) is 4.40 Å². The predicted octanol–water partition coefficient (Wildman–Crippen LogP) is 0.630. The Kier molecular flexibility index (Phi) is 1.90. The minimum atomic E-state index is -4.66. The molecule has 0 aliphatic carbocycles. The predicted molar refractivity (Wildman–Crippen MR) is 29.1 cm³/mol. The second kappa shape index (κ2) is 2.02. The number of hydrogen-bond acceptors (Lipinski definition) is 2. The van der Waals surface area contributed by atoms with Gasteiger partial charge in [0.05, 0.1) is 0 Å². The van der Waals surface area contributed by atoms with Crippen molar-refractivity contribution in [3.05, 3.63) is 0 Å². The lowest BCUT2D eigenvalue weighted by Gasteiger charge is -2.04. The lowest BCUT2D eigenvalue weighted by Crippen LogP contribution is -2.21. The van der Waals surface area contributed by atoms with Gasteiger partial charge in [-0.05, 0) is 0 Å². The summed E-state index contributed by atoms with van der Waals surface area (Å²) in [5.41, 5.74) is 0. The first-order valence-corrected chi connectivity index (χ1v) is 3.35. The van der Waals surface area contributed by atoms with Gasteiger partial charge in [0.2, 0.25) is 0 Å². The van der Waals surface area contributed by atoms with E-state index in [4.69, 9.17) is 0 Å². The van der Waals surface area contributed by atoms with Gasteiger partial charge in [-0.3, -0.25) is 0 Å². The molecule has 0 saturated carbocycles. The van der Waals surface area contributed by atoms with E-state index in [1.807, 2.05) is 0 Å². The van der Waals surface area contributed by atoms with Crippen LogP contribution in [0.2, 0.25) is 0 Å². The summed E-state index contributed by atoms with van der Waals surface area (Å²) in [6.07, 6.45) is 0. The van der Waals surface area contributed by atoms with E-state index in [-0.39, 0.29) is 6.92 Å². The van der Waals surface area contributed by atoms with Crippen molar-refractivity contribution in [1.29, 1.82) is 0 Å². The van der Waals surface area contributed by atoms with Crippen molar-refractivity contribution in [2.45, 2.75) is 12.2 Å². The summed E-state index contributed by atoms with van der Waals surface area (Å²) in [5, 5.41) is -3.81. The summed E-state index contributed by atoms with van der Waals surface area (Å²) in [6.45, 7) is 2.73. The van der Waals surface area contributed by atoms with Crippen LogP contribution in [0.25, 0.3) is 0 Å². The van der Waals surface area contributed by atoms with Crippen LogP contribution in [-0.2, 0) is 10.0 Å². The van der Waals surface area contributed by atoms with Crippen molar-refractivity contribution in [2.24, 2.45) is 4.40 Å². The molecule has 0 aliphatic rings. The summed E-state index contributed by atoms with van der Waals surface area (Å²) in [4.78, 5) is 0. The molecule has 0 saturated heterocycles. The fourth-order valence-electron chi connectivity index (χ4n) is 0.113. The smallest absolute Gasteiger partial charge is 0.198 e. The van der Waals surface area contributed by atoms with E-state index in [1.54, 1.807) is 0 Å². The quantitative estimate of drug-likeness (QED) is 0.552. The maximum atomic E-state index is 11.8. The van der Waals surface area contributed by atoms with Gasteiger partial charge in [0.15, 0.2) is 0 Å². The molecule has 0 radical (unpaired) electrons. The Morgan fingerprint density at radius 1 is 1.56 bits per heavy atom. The molecule has 0 heterocycles. The van der Waals surface area contributed by atoms with Gasteiger partial charge in [-0.25, -0.2) is 0 Å². The monoisotopic (exact) mass is 157 g/mol. The van der Waals surface area contributed by atoms with Crippen molar-refractivity contribution in [3.63, 3.8) is 0 Å². The van der Waals surface area contributed by atoms with Gasteiger partial charge in [0.25, 0.3) is 0 Å². The summed E-state index contributed by atoms with van der Waals surface area (Å²) < 4.78 is 45.9. The number of nitrogens with zero attached hydrogens (tertiary/aromatic N) is 1. The Hall–Kier alpha value is -0.520. The molecule has 0 aliphatic heterocycles. The highest BCUT2D eigenvalue weighted by Gasteiger charge is 2.38. The van der Waals surface area contributed by atoms with E-state index >= 15 is 0 Å². The second-order valence-corrected chi connectivity index (χ2v) is 3.34. The van der Waals surface area contributed by atoms with Gasteiger partial charge in [0.1, 0.15) is 0 Å². The Labute approximate surface area is 51.5 Å². The Balaban J connectivity index is 4.79. The average Bonchev–Trinajstić information content (AvgIpc) is 1.64. The van der Waals surface area contributed by atoms with E-state index in [0.29, 0.717) is 0 Å². The number of alkyl halides is 2. The first kappa shape index (κ1) is 8.48. The second-order valence-electron chi connectivity index (χ2n) is 1.41. The number of hydrogen-bond donors (Lipinski definition) is 0. The van der Waals surface area contributed by atoms with Crippen molar-refractivity contribution >= 4 is 16.7 Å². The molecule has 0 amide bonds. The van der Waals surface area contributed by atoms with Gasteiger partial charge in [0, 0.05) is 13.6 Å². The van der Waals surface area contributed by atoms with E-state index in [2.05, 4.69) is 11.1 Å². The van der Waals surface area contributed by atoms with E-state index in [0.717, 1.165) is 0 Å². The minimum absolute atomic E-state index is 0.247. The molecule has 3 nitrogen and oxygen atoms in total. The van der Waals surface area contributed by atoms with Crippen LogP contribution >= 0.6 is 0 Å².